The standard InChI is InChI=1S/C22H20N4OS3/c27-17-11-5-7-13-19(17)29-21-25-24-20(26(21)15-8-2-1-3-9-15)14-28-22-23-16-10-4-6-12-18(16)30-22/h1-4,6,8-10,12,19H,5,7,11,13-14H2. The van der Waals surface area contributed by atoms with Gasteiger partial charge in [-0.05, 0) is 37.1 Å². The van der Waals surface area contributed by atoms with Crippen LogP contribution in [0.1, 0.15) is 31.5 Å². The van der Waals surface area contributed by atoms with Gasteiger partial charge in [0.05, 0.1) is 21.2 Å². The molecule has 0 aliphatic heterocycles. The number of aromatic nitrogens is 4. The van der Waals surface area contributed by atoms with Gasteiger partial charge in [-0.3, -0.25) is 9.36 Å². The van der Waals surface area contributed by atoms with E-state index in [0.29, 0.717) is 18.0 Å². The fourth-order valence-electron chi connectivity index (χ4n) is 3.55. The summed E-state index contributed by atoms with van der Waals surface area (Å²) in [5.74, 6) is 1.87. The molecule has 1 fully saturated rings. The predicted octanol–water partition coefficient (Wildman–Crippen LogP) is 5.77. The fraction of sp³-hybridized carbons (Fsp3) is 0.273. The molecule has 0 radical (unpaired) electrons. The van der Waals surface area contributed by atoms with Gasteiger partial charge in [-0.1, -0.05) is 60.3 Å². The molecule has 2 aromatic heterocycles. The molecule has 1 aliphatic carbocycles. The molecule has 30 heavy (non-hydrogen) atoms. The fourth-order valence-corrected chi connectivity index (χ4v) is 6.72. The van der Waals surface area contributed by atoms with Crippen LogP contribution in [0, 0.1) is 0 Å². The Kier molecular flexibility index (Phi) is 5.88. The lowest BCUT2D eigenvalue weighted by molar-refractivity contribution is -0.119. The largest absolute Gasteiger partial charge is 0.298 e. The average molecular weight is 453 g/mol. The van der Waals surface area contributed by atoms with Crippen molar-refractivity contribution in [2.75, 3.05) is 0 Å². The molecule has 8 heteroatoms. The summed E-state index contributed by atoms with van der Waals surface area (Å²) in [6.07, 6.45) is 3.70. The molecule has 5 nitrogen and oxygen atoms in total. The first-order valence-electron chi connectivity index (χ1n) is 9.95. The summed E-state index contributed by atoms with van der Waals surface area (Å²) in [6.45, 7) is 0. The van der Waals surface area contributed by atoms with Crippen molar-refractivity contribution in [3.05, 3.63) is 60.4 Å². The molecule has 2 heterocycles. The minimum atomic E-state index is -0.0184. The quantitative estimate of drug-likeness (QED) is 0.346. The third-order valence-corrected chi connectivity index (χ3v) is 8.49. The van der Waals surface area contributed by atoms with Gasteiger partial charge in [0.15, 0.2) is 9.50 Å². The smallest absolute Gasteiger partial charge is 0.196 e. The molecule has 1 unspecified atom stereocenters. The lowest BCUT2D eigenvalue weighted by Crippen LogP contribution is -2.21. The maximum atomic E-state index is 12.4. The highest BCUT2D eigenvalue weighted by Gasteiger charge is 2.26. The highest BCUT2D eigenvalue weighted by Crippen LogP contribution is 2.35. The molecule has 0 N–H and O–H groups in total. The summed E-state index contributed by atoms with van der Waals surface area (Å²) in [6, 6.07) is 18.3. The first kappa shape index (κ1) is 19.8. The van der Waals surface area contributed by atoms with Crippen molar-refractivity contribution >= 4 is 50.9 Å². The van der Waals surface area contributed by atoms with E-state index < -0.39 is 0 Å². The van der Waals surface area contributed by atoms with Gasteiger partial charge < -0.3 is 0 Å². The van der Waals surface area contributed by atoms with Gasteiger partial charge in [0.25, 0.3) is 0 Å². The number of ketones is 1. The zero-order valence-corrected chi connectivity index (χ0v) is 18.7. The number of Topliss-reactive ketones (excluding diaryl/α,β-unsaturated/α-hetero) is 1. The number of fused-ring (bicyclic) bond motifs is 1. The number of carbonyl (C=O) groups excluding carboxylic acids is 1. The van der Waals surface area contributed by atoms with E-state index in [4.69, 9.17) is 4.98 Å². The minimum Gasteiger partial charge on any atom is -0.298 e. The number of hydrogen-bond donors (Lipinski definition) is 0. The van der Waals surface area contributed by atoms with E-state index >= 15 is 0 Å². The van der Waals surface area contributed by atoms with Crippen LogP contribution in [-0.2, 0) is 10.5 Å². The number of thioether (sulfide) groups is 2. The third-order valence-electron chi connectivity index (χ3n) is 5.06. The van der Waals surface area contributed by atoms with Crippen LogP contribution in [-0.4, -0.2) is 30.8 Å². The zero-order chi connectivity index (χ0) is 20.3. The van der Waals surface area contributed by atoms with Gasteiger partial charge in [0.2, 0.25) is 0 Å². The Morgan fingerprint density at radius 1 is 1.03 bits per heavy atom. The second kappa shape index (κ2) is 8.91. The Labute approximate surface area is 187 Å². The third kappa shape index (κ3) is 4.17. The molecule has 5 rings (SSSR count). The number of nitrogens with zero attached hydrogens (tertiary/aromatic N) is 4. The van der Waals surface area contributed by atoms with Crippen LogP contribution in [0.4, 0.5) is 0 Å². The molecule has 1 saturated carbocycles. The summed E-state index contributed by atoms with van der Waals surface area (Å²) in [5.41, 5.74) is 2.05. The van der Waals surface area contributed by atoms with Crippen LogP contribution in [0.2, 0.25) is 0 Å². The molecule has 4 aromatic rings. The van der Waals surface area contributed by atoms with Crippen molar-refractivity contribution in [2.45, 2.75) is 46.2 Å². The second-order valence-electron chi connectivity index (χ2n) is 7.12. The molecular formula is C22H20N4OS3. The van der Waals surface area contributed by atoms with Crippen LogP contribution < -0.4 is 0 Å². The van der Waals surface area contributed by atoms with Gasteiger partial charge in [-0.25, -0.2) is 4.98 Å². The Hall–Kier alpha value is -2.16. The monoisotopic (exact) mass is 452 g/mol. The normalized spacial score (nSPS) is 16.9. The number of para-hydroxylation sites is 2. The van der Waals surface area contributed by atoms with E-state index in [2.05, 4.69) is 33.0 Å². The first-order valence-corrected chi connectivity index (χ1v) is 12.6. The van der Waals surface area contributed by atoms with Gasteiger partial charge >= 0.3 is 0 Å². The molecule has 0 amide bonds. The highest BCUT2D eigenvalue weighted by molar-refractivity contribution is 8.00. The average Bonchev–Trinajstić information content (AvgIpc) is 3.38. The van der Waals surface area contributed by atoms with Gasteiger partial charge in [-0.15, -0.1) is 21.5 Å². The van der Waals surface area contributed by atoms with Crippen LogP contribution in [0.3, 0.4) is 0 Å². The maximum Gasteiger partial charge on any atom is 0.196 e. The Morgan fingerprint density at radius 3 is 2.70 bits per heavy atom. The van der Waals surface area contributed by atoms with Crippen LogP contribution in [0.5, 0.6) is 0 Å². The van der Waals surface area contributed by atoms with Crippen LogP contribution >= 0.6 is 34.9 Å². The predicted molar refractivity (Wildman–Crippen MR) is 124 cm³/mol. The molecule has 0 spiro atoms. The number of thiazole rings is 1. The molecule has 2 aromatic carbocycles. The van der Waals surface area contributed by atoms with Gasteiger partial charge in [0, 0.05) is 12.1 Å². The molecule has 152 valence electrons. The van der Waals surface area contributed by atoms with Crippen LogP contribution in [0.25, 0.3) is 15.9 Å². The van der Waals surface area contributed by atoms with Crippen molar-refractivity contribution in [3.63, 3.8) is 0 Å². The van der Waals surface area contributed by atoms with Crippen molar-refractivity contribution in [1.82, 2.24) is 19.7 Å². The molecule has 0 bridgehead atoms. The van der Waals surface area contributed by atoms with E-state index in [9.17, 15) is 4.79 Å². The van der Waals surface area contributed by atoms with Gasteiger partial charge in [-0.2, -0.15) is 0 Å². The first-order chi connectivity index (χ1) is 14.8. The van der Waals surface area contributed by atoms with E-state index in [1.54, 1.807) is 34.9 Å². The SMILES string of the molecule is O=C1CCCCC1Sc1nnc(CSc2nc3ccccc3s2)n1-c1ccccc1. The Balaban J connectivity index is 1.42. The molecular weight excluding hydrogens is 432 g/mol. The van der Waals surface area contributed by atoms with Crippen LogP contribution in [0.15, 0.2) is 64.1 Å². The summed E-state index contributed by atoms with van der Waals surface area (Å²) in [4.78, 5) is 17.1. The second-order valence-corrected chi connectivity index (χ2v) is 10.5. The number of benzene rings is 2. The number of hydrogen-bond acceptors (Lipinski definition) is 7. The molecule has 1 atom stereocenters. The van der Waals surface area contributed by atoms with Crippen molar-refractivity contribution in [2.24, 2.45) is 0 Å². The molecule has 1 aliphatic rings. The Morgan fingerprint density at radius 2 is 1.87 bits per heavy atom. The summed E-state index contributed by atoms with van der Waals surface area (Å²) in [7, 11) is 0. The highest BCUT2D eigenvalue weighted by atomic mass is 32.2. The van der Waals surface area contributed by atoms with E-state index in [1.807, 2.05) is 36.4 Å². The zero-order valence-electron chi connectivity index (χ0n) is 16.2. The van der Waals surface area contributed by atoms with Gasteiger partial charge in [0.1, 0.15) is 11.6 Å². The summed E-state index contributed by atoms with van der Waals surface area (Å²) >= 11 is 4.93. The van der Waals surface area contributed by atoms with Crippen molar-refractivity contribution in [3.8, 4) is 5.69 Å². The van der Waals surface area contributed by atoms with Crippen molar-refractivity contribution in [1.29, 1.82) is 0 Å². The van der Waals surface area contributed by atoms with E-state index in [-0.39, 0.29) is 5.25 Å². The number of carbonyl (C=O) groups is 1. The Bertz CT molecular complexity index is 1140. The van der Waals surface area contributed by atoms with E-state index in [1.165, 1.54) is 4.70 Å². The molecule has 0 saturated heterocycles. The topological polar surface area (TPSA) is 60.7 Å². The maximum absolute atomic E-state index is 12.4. The summed E-state index contributed by atoms with van der Waals surface area (Å²) < 4.78 is 4.31. The minimum absolute atomic E-state index is 0.0184. The number of rotatable bonds is 6. The van der Waals surface area contributed by atoms with E-state index in [0.717, 1.165) is 45.8 Å². The summed E-state index contributed by atoms with van der Waals surface area (Å²) in [5, 5.41) is 9.73. The van der Waals surface area contributed by atoms with Crippen molar-refractivity contribution < 1.29 is 4.79 Å². The lowest BCUT2D eigenvalue weighted by atomic mass is 9.99. The lowest BCUT2D eigenvalue weighted by Gasteiger charge is -2.19.